The standard InChI is InChI=1S/C25H44ClNO5/c1-16(2)12-21(28)23(30)20(14-18-10-8-7-9-11-18)27-24(31)19(13-17(3)26)15-22(29)32-25(4,5)6/h16,18-21,23,28,30H,3,7-15H2,1-2,4-6H3,(H,27,31)/t19-,20-,21-,23+/m0/s1. The molecule has 7 heteroatoms. The summed E-state index contributed by atoms with van der Waals surface area (Å²) < 4.78 is 5.37. The summed E-state index contributed by atoms with van der Waals surface area (Å²) in [7, 11) is 0. The van der Waals surface area contributed by atoms with Gasteiger partial charge in [-0.3, -0.25) is 9.59 Å². The molecule has 1 aliphatic carbocycles. The van der Waals surface area contributed by atoms with Crippen molar-refractivity contribution in [3.05, 3.63) is 11.6 Å². The molecule has 0 aromatic heterocycles. The van der Waals surface area contributed by atoms with Crippen LogP contribution in [0.2, 0.25) is 0 Å². The third-order valence-electron chi connectivity index (χ3n) is 5.83. The summed E-state index contributed by atoms with van der Waals surface area (Å²) in [4.78, 5) is 25.5. The zero-order chi connectivity index (χ0) is 24.5. The SMILES string of the molecule is C=C(Cl)C[C@@H](CC(=O)OC(C)(C)C)C(=O)N[C@@H](CC1CCCCC1)[C@@H](O)[C@@H](O)CC(C)C. The number of hydrogen-bond donors (Lipinski definition) is 3. The molecule has 0 saturated heterocycles. The van der Waals surface area contributed by atoms with Crippen LogP contribution in [-0.2, 0) is 14.3 Å². The van der Waals surface area contributed by atoms with E-state index in [9.17, 15) is 19.8 Å². The van der Waals surface area contributed by atoms with E-state index in [1.807, 2.05) is 13.8 Å². The molecule has 0 spiro atoms. The van der Waals surface area contributed by atoms with Gasteiger partial charge in [-0.1, -0.05) is 64.1 Å². The van der Waals surface area contributed by atoms with Crippen molar-refractivity contribution in [1.82, 2.24) is 5.32 Å². The lowest BCUT2D eigenvalue weighted by atomic mass is 9.82. The molecule has 0 aromatic rings. The maximum atomic E-state index is 13.2. The molecule has 4 atom stereocenters. The van der Waals surface area contributed by atoms with E-state index in [0.717, 1.165) is 25.7 Å². The van der Waals surface area contributed by atoms with E-state index in [0.29, 0.717) is 18.8 Å². The highest BCUT2D eigenvalue weighted by molar-refractivity contribution is 6.29. The van der Waals surface area contributed by atoms with Gasteiger partial charge in [-0.05, 0) is 51.9 Å². The summed E-state index contributed by atoms with van der Waals surface area (Å²) in [5, 5.41) is 24.7. The van der Waals surface area contributed by atoms with Crippen LogP contribution in [0.5, 0.6) is 0 Å². The molecule has 1 aliphatic rings. The second-order valence-electron chi connectivity index (χ2n) is 10.8. The first-order chi connectivity index (χ1) is 14.8. The fraction of sp³-hybridized carbons (Fsp3) is 0.840. The van der Waals surface area contributed by atoms with Crippen molar-refractivity contribution in [2.45, 2.75) is 116 Å². The molecule has 1 saturated carbocycles. The Labute approximate surface area is 199 Å². The normalized spacial score (nSPS) is 19.2. The van der Waals surface area contributed by atoms with Gasteiger partial charge in [-0.15, -0.1) is 0 Å². The summed E-state index contributed by atoms with van der Waals surface area (Å²) in [6.07, 6.45) is 4.64. The van der Waals surface area contributed by atoms with E-state index in [-0.39, 0.29) is 29.7 Å². The van der Waals surface area contributed by atoms with Crippen molar-refractivity contribution in [1.29, 1.82) is 0 Å². The molecular formula is C25H44ClNO5. The van der Waals surface area contributed by atoms with Gasteiger partial charge in [-0.25, -0.2) is 0 Å². The van der Waals surface area contributed by atoms with E-state index < -0.39 is 35.7 Å². The molecule has 0 radical (unpaired) electrons. The zero-order valence-corrected chi connectivity index (χ0v) is 21.3. The Morgan fingerprint density at radius 3 is 2.22 bits per heavy atom. The van der Waals surface area contributed by atoms with Crippen LogP contribution in [0.25, 0.3) is 0 Å². The van der Waals surface area contributed by atoms with E-state index in [1.54, 1.807) is 20.8 Å². The maximum absolute atomic E-state index is 13.2. The van der Waals surface area contributed by atoms with Gasteiger partial charge < -0.3 is 20.3 Å². The first kappa shape index (κ1) is 28.9. The second kappa shape index (κ2) is 13.6. The van der Waals surface area contributed by atoms with Crippen LogP contribution in [0.4, 0.5) is 0 Å². The van der Waals surface area contributed by atoms with E-state index >= 15 is 0 Å². The Morgan fingerprint density at radius 2 is 1.72 bits per heavy atom. The van der Waals surface area contributed by atoms with Gasteiger partial charge in [0.1, 0.15) is 11.7 Å². The van der Waals surface area contributed by atoms with Crippen molar-refractivity contribution in [3.8, 4) is 0 Å². The lowest BCUT2D eigenvalue weighted by Crippen LogP contribution is -2.51. The number of rotatable bonds is 12. The lowest BCUT2D eigenvalue weighted by Gasteiger charge is -2.33. The Balaban J connectivity index is 2.95. The first-order valence-corrected chi connectivity index (χ1v) is 12.4. The van der Waals surface area contributed by atoms with Crippen molar-refractivity contribution >= 4 is 23.5 Å². The first-order valence-electron chi connectivity index (χ1n) is 12.0. The van der Waals surface area contributed by atoms with Crippen LogP contribution in [0.15, 0.2) is 11.6 Å². The number of carbonyl (C=O) groups is 2. The van der Waals surface area contributed by atoms with Gasteiger partial charge >= 0.3 is 5.97 Å². The number of halogens is 1. The summed E-state index contributed by atoms with van der Waals surface area (Å²) in [5.74, 6) is -1.01. The van der Waals surface area contributed by atoms with Crippen LogP contribution in [-0.4, -0.2) is 45.9 Å². The van der Waals surface area contributed by atoms with Crippen molar-refractivity contribution in [2.75, 3.05) is 0 Å². The quantitative estimate of drug-likeness (QED) is 0.357. The largest absolute Gasteiger partial charge is 0.460 e. The molecule has 186 valence electrons. The molecule has 0 aliphatic heterocycles. The molecule has 32 heavy (non-hydrogen) atoms. The van der Waals surface area contributed by atoms with Crippen LogP contribution in [0.1, 0.15) is 92.4 Å². The number of nitrogens with one attached hydrogen (secondary N) is 1. The Bertz CT molecular complexity index is 610. The second-order valence-corrected chi connectivity index (χ2v) is 11.3. The van der Waals surface area contributed by atoms with Crippen molar-refractivity contribution < 1.29 is 24.5 Å². The predicted molar refractivity (Wildman–Crippen MR) is 128 cm³/mol. The minimum atomic E-state index is -1.08. The molecule has 0 bridgehead atoms. The van der Waals surface area contributed by atoms with Gasteiger partial charge in [0.05, 0.1) is 24.5 Å². The highest BCUT2D eigenvalue weighted by Gasteiger charge is 2.34. The minimum Gasteiger partial charge on any atom is -0.460 e. The average Bonchev–Trinajstić information content (AvgIpc) is 2.64. The third-order valence-corrected chi connectivity index (χ3v) is 5.99. The number of carbonyl (C=O) groups excluding carboxylic acids is 2. The Morgan fingerprint density at radius 1 is 1.12 bits per heavy atom. The average molecular weight is 474 g/mol. The van der Waals surface area contributed by atoms with Crippen molar-refractivity contribution in [3.63, 3.8) is 0 Å². The van der Waals surface area contributed by atoms with Gasteiger partial charge in [-0.2, -0.15) is 0 Å². The number of aliphatic hydroxyl groups is 2. The van der Waals surface area contributed by atoms with Crippen LogP contribution < -0.4 is 5.32 Å². The fourth-order valence-electron chi connectivity index (χ4n) is 4.37. The highest BCUT2D eigenvalue weighted by Crippen LogP contribution is 2.29. The van der Waals surface area contributed by atoms with Gasteiger partial charge in [0.2, 0.25) is 5.91 Å². The molecule has 0 unspecified atom stereocenters. The number of amides is 1. The lowest BCUT2D eigenvalue weighted by molar-refractivity contribution is -0.157. The molecular weight excluding hydrogens is 430 g/mol. The number of aliphatic hydroxyl groups excluding tert-OH is 2. The molecule has 0 heterocycles. The van der Waals surface area contributed by atoms with Crippen molar-refractivity contribution in [2.24, 2.45) is 17.8 Å². The predicted octanol–water partition coefficient (Wildman–Crippen LogP) is 4.70. The molecule has 0 aromatic carbocycles. The monoisotopic (exact) mass is 473 g/mol. The molecule has 1 amide bonds. The number of allylic oxidation sites excluding steroid dienone is 1. The van der Waals surface area contributed by atoms with Gasteiger partial charge in [0, 0.05) is 5.03 Å². The summed E-state index contributed by atoms with van der Waals surface area (Å²) in [6, 6.07) is -0.593. The van der Waals surface area contributed by atoms with E-state index in [2.05, 4.69) is 11.9 Å². The molecule has 3 N–H and O–H groups in total. The smallest absolute Gasteiger partial charge is 0.307 e. The molecule has 6 nitrogen and oxygen atoms in total. The summed E-state index contributed by atoms with van der Waals surface area (Å²) in [6.45, 7) is 12.9. The summed E-state index contributed by atoms with van der Waals surface area (Å²) >= 11 is 5.98. The van der Waals surface area contributed by atoms with Gasteiger partial charge in [0.15, 0.2) is 0 Å². The topological polar surface area (TPSA) is 95.9 Å². The maximum Gasteiger partial charge on any atom is 0.307 e. The third kappa shape index (κ3) is 11.7. The number of ether oxygens (including phenoxy) is 1. The van der Waals surface area contributed by atoms with E-state index in [4.69, 9.17) is 16.3 Å². The number of esters is 1. The Kier molecular flexibility index (Phi) is 12.3. The Hall–Kier alpha value is -1.11. The fourth-order valence-corrected chi connectivity index (χ4v) is 4.55. The summed E-state index contributed by atoms with van der Waals surface area (Å²) in [5.41, 5.74) is -0.656. The minimum absolute atomic E-state index is 0.129. The zero-order valence-electron chi connectivity index (χ0n) is 20.5. The molecule has 1 fully saturated rings. The molecule has 1 rings (SSSR count). The highest BCUT2D eigenvalue weighted by atomic mass is 35.5. The van der Waals surface area contributed by atoms with Crippen LogP contribution >= 0.6 is 11.6 Å². The number of hydrogen-bond acceptors (Lipinski definition) is 5. The van der Waals surface area contributed by atoms with E-state index in [1.165, 1.54) is 6.42 Å². The van der Waals surface area contributed by atoms with Gasteiger partial charge in [0.25, 0.3) is 0 Å². The van der Waals surface area contributed by atoms with Crippen LogP contribution in [0, 0.1) is 17.8 Å². The van der Waals surface area contributed by atoms with Crippen LogP contribution in [0.3, 0.4) is 0 Å².